The Morgan fingerprint density at radius 3 is 1.45 bits per heavy atom. The first-order chi connectivity index (χ1) is 9.77. The first kappa shape index (κ1) is 15.4. The molecular formula is C16H16F2S2. The van der Waals surface area contributed by atoms with E-state index in [0.717, 1.165) is 35.5 Å². The van der Waals surface area contributed by atoms with Crippen molar-refractivity contribution in [1.82, 2.24) is 0 Å². The van der Waals surface area contributed by atoms with Gasteiger partial charge in [0, 0.05) is 11.5 Å². The Kier molecular flexibility index (Phi) is 6.40. The summed E-state index contributed by atoms with van der Waals surface area (Å²) in [6, 6.07) is 13.7. The van der Waals surface area contributed by atoms with E-state index in [4.69, 9.17) is 0 Å². The van der Waals surface area contributed by atoms with Crippen molar-refractivity contribution >= 4 is 21.6 Å². The Balaban J connectivity index is 1.63. The van der Waals surface area contributed by atoms with Gasteiger partial charge in [-0.15, -0.1) is 0 Å². The molecule has 0 saturated heterocycles. The Labute approximate surface area is 126 Å². The molecule has 0 aliphatic rings. The van der Waals surface area contributed by atoms with Gasteiger partial charge in [0.2, 0.25) is 0 Å². The zero-order valence-corrected chi connectivity index (χ0v) is 12.7. The molecule has 0 aliphatic heterocycles. The molecule has 0 N–H and O–H groups in total. The minimum atomic E-state index is -0.135. The summed E-state index contributed by atoms with van der Waals surface area (Å²) in [6.07, 6.45) is 1.45. The molecule has 0 aliphatic carbocycles. The number of rotatable bonds is 7. The summed E-state index contributed by atoms with van der Waals surface area (Å²) < 4.78 is 26.7. The van der Waals surface area contributed by atoms with Gasteiger partial charge in [0.05, 0.1) is 0 Å². The highest BCUT2D eigenvalue weighted by Gasteiger charge is 2.02. The molecule has 2 rings (SSSR count). The second-order valence-corrected chi connectivity index (χ2v) is 7.03. The van der Waals surface area contributed by atoms with E-state index in [9.17, 15) is 8.78 Å². The fourth-order valence-corrected chi connectivity index (χ4v) is 3.87. The van der Waals surface area contributed by atoms with Crippen LogP contribution < -0.4 is 0 Å². The summed E-state index contributed by atoms with van der Waals surface area (Å²) in [5.41, 5.74) is 1.52. The van der Waals surface area contributed by atoms with Crippen molar-refractivity contribution in [3.05, 3.63) is 71.3 Å². The number of benzene rings is 2. The molecule has 0 aromatic heterocycles. The highest BCUT2D eigenvalue weighted by Crippen LogP contribution is 2.24. The van der Waals surface area contributed by atoms with Crippen molar-refractivity contribution in [3.8, 4) is 0 Å². The number of halogens is 2. The van der Waals surface area contributed by atoms with Crippen molar-refractivity contribution < 1.29 is 8.78 Å². The lowest BCUT2D eigenvalue weighted by Crippen LogP contribution is -1.93. The second-order valence-electron chi connectivity index (χ2n) is 4.33. The maximum atomic E-state index is 13.4. The Morgan fingerprint density at radius 1 is 0.650 bits per heavy atom. The van der Waals surface area contributed by atoms with Gasteiger partial charge in [0.1, 0.15) is 11.6 Å². The molecule has 4 heteroatoms. The smallest absolute Gasteiger partial charge is 0.126 e. The van der Waals surface area contributed by atoms with E-state index in [-0.39, 0.29) is 11.6 Å². The van der Waals surface area contributed by atoms with Crippen molar-refractivity contribution in [3.63, 3.8) is 0 Å². The van der Waals surface area contributed by atoms with Gasteiger partial charge in [-0.25, -0.2) is 8.78 Å². The van der Waals surface area contributed by atoms with Crippen LogP contribution in [0.3, 0.4) is 0 Å². The summed E-state index contributed by atoms with van der Waals surface area (Å²) in [5, 5.41) is 0. The Hall–Kier alpha value is -1.00. The van der Waals surface area contributed by atoms with Crippen molar-refractivity contribution in [2.45, 2.75) is 12.8 Å². The number of hydrogen-bond acceptors (Lipinski definition) is 2. The van der Waals surface area contributed by atoms with Crippen LogP contribution in [0.5, 0.6) is 0 Å². The molecule has 0 spiro atoms. The molecule has 106 valence electrons. The van der Waals surface area contributed by atoms with Gasteiger partial charge >= 0.3 is 0 Å². The quantitative estimate of drug-likeness (QED) is 0.513. The van der Waals surface area contributed by atoms with Crippen LogP contribution in [-0.2, 0) is 12.8 Å². The number of aryl methyl sites for hydroxylation is 2. The molecule has 2 aromatic rings. The molecule has 0 heterocycles. The SMILES string of the molecule is Fc1ccccc1CCSSCCc1ccccc1F. The fraction of sp³-hybridized carbons (Fsp3) is 0.250. The van der Waals surface area contributed by atoms with Gasteiger partial charge in [0.25, 0.3) is 0 Å². The van der Waals surface area contributed by atoms with Gasteiger partial charge in [-0.3, -0.25) is 0 Å². The van der Waals surface area contributed by atoms with Crippen LogP contribution >= 0.6 is 21.6 Å². The minimum Gasteiger partial charge on any atom is -0.207 e. The van der Waals surface area contributed by atoms with Gasteiger partial charge in [-0.2, -0.15) is 0 Å². The van der Waals surface area contributed by atoms with Gasteiger partial charge < -0.3 is 0 Å². The molecule has 0 saturated carbocycles. The first-order valence-corrected chi connectivity index (χ1v) is 8.97. The summed E-state index contributed by atoms with van der Waals surface area (Å²) in [5.74, 6) is 1.46. The molecule has 0 atom stereocenters. The maximum absolute atomic E-state index is 13.4. The van der Waals surface area contributed by atoms with E-state index in [2.05, 4.69) is 0 Å². The van der Waals surface area contributed by atoms with Crippen LogP contribution in [0, 0.1) is 11.6 Å². The van der Waals surface area contributed by atoms with E-state index in [1.807, 2.05) is 24.3 Å². The normalized spacial score (nSPS) is 10.7. The summed E-state index contributed by atoms with van der Waals surface area (Å²) in [4.78, 5) is 0. The molecule has 0 radical (unpaired) electrons. The van der Waals surface area contributed by atoms with E-state index >= 15 is 0 Å². The molecule has 0 fully saturated rings. The average molecular weight is 310 g/mol. The van der Waals surface area contributed by atoms with E-state index in [0.29, 0.717) is 0 Å². The lowest BCUT2D eigenvalue weighted by Gasteiger charge is -2.04. The molecule has 0 unspecified atom stereocenters. The minimum absolute atomic E-state index is 0.135. The highest BCUT2D eigenvalue weighted by atomic mass is 33.1. The molecular weight excluding hydrogens is 294 g/mol. The van der Waals surface area contributed by atoms with E-state index in [1.54, 1.807) is 33.7 Å². The third kappa shape index (κ3) is 4.84. The van der Waals surface area contributed by atoms with Crippen LogP contribution in [0.25, 0.3) is 0 Å². The first-order valence-electron chi connectivity index (χ1n) is 6.48. The zero-order valence-electron chi connectivity index (χ0n) is 11.0. The predicted molar refractivity (Wildman–Crippen MR) is 85.1 cm³/mol. The summed E-state index contributed by atoms with van der Waals surface area (Å²) in [7, 11) is 3.42. The Morgan fingerprint density at radius 2 is 1.05 bits per heavy atom. The summed E-state index contributed by atoms with van der Waals surface area (Å²) in [6.45, 7) is 0. The lowest BCUT2D eigenvalue weighted by molar-refractivity contribution is 0.612. The van der Waals surface area contributed by atoms with Gasteiger partial charge in [-0.1, -0.05) is 58.0 Å². The fourth-order valence-electron chi connectivity index (χ4n) is 1.82. The van der Waals surface area contributed by atoms with Crippen LogP contribution in [0.2, 0.25) is 0 Å². The standard InChI is InChI=1S/C16H16F2S2/c17-15-7-3-1-5-13(15)9-11-19-20-12-10-14-6-2-4-8-16(14)18/h1-8H,9-12H2. The maximum Gasteiger partial charge on any atom is 0.126 e. The van der Waals surface area contributed by atoms with Crippen LogP contribution in [0.1, 0.15) is 11.1 Å². The molecule has 2 aromatic carbocycles. The predicted octanol–water partition coefficient (Wildman–Crippen LogP) is 5.13. The van der Waals surface area contributed by atoms with Crippen molar-refractivity contribution in [2.75, 3.05) is 11.5 Å². The van der Waals surface area contributed by atoms with Gasteiger partial charge in [-0.05, 0) is 36.1 Å². The molecule has 20 heavy (non-hydrogen) atoms. The highest BCUT2D eigenvalue weighted by molar-refractivity contribution is 8.76. The average Bonchev–Trinajstić information content (AvgIpc) is 2.46. The Bertz CT molecular complexity index is 494. The van der Waals surface area contributed by atoms with Crippen LogP contribution in [-0.4, -0.2) is 11.5 Å². The third-order valence-electron chi connectivity index (χ3n) is 2.91. The van der Waals surface area contributed by atoms with Crippen molar-refractivity contribution in [2.24, 2.45) is 0 Å². The second kappa shape index (κ2) is 8.32. The topological polar surface area (TPSA) is 0 Å². The third-order valence-corrected chi connectivity index (χ3v) is 5.32. The molecule has 0 nitrogen and oxygen atoms in total. The van der Waals surface area contributed by atoms with Crippen LogP contribution in [0.4, 0.5) is 8.78 Å². The molecule has 0 bridgehead atoms. The van der Waals surface area contributed by atoms with Gasteiger partial charge in [0.15, 0.2) is 0 Å². The number of hydrogen-bond donors (Lipinski definition) is 0. The van der Waals surface area contributed by atoms with E-state index in [1.165, 1.54) is 12.1 Å². The zero-order chi connectivity index (χ0) is 14.2. The largest absolute Gasteiger partial charge is 0.207 e. The lowest BCUT2D eigenvalue weighted by atomic mass is 10.2. The van der Waals surface area contributed by atoms with Crippen LogP contribution in [0.15, 0.2) is 48.5 Å². The monoisotopic (exact) mass is 310 g/mol. The summed E-state index contributed by atoms with van der Waals surface area (Å²) >= 11 is 0. The van der Waals surface area contributed by atoms with E-state index < -0.39 is 0 Å². The molecule has 0 amide bonds. The van der Waals surface area contributed by atoms with Crippen molar-refractivity contribution in [1.29, 1.82) is 0 Å².